The number of aryl methyl sites for hydroxylation is 1. The molecule has 0 saturated carbocycles. The minimum atomic E-state index is -0.280. The highest BCUT2D eigenvalue weighted by molar-refractivity contribution is 14.1. The van der Waals surface area contributed by atoms with Crippen LogP contribution in [0, 0.1) is 3.57 Å². The number of aromatic hydroxyl groups is 1. The van der Waals surface area contributed by atoms with Crippen LogP contribution in [0.2, 0.25) is 0 Å². The molecule has 0 radical (unpaired) electrons. The molecule has 2 aliphatic rings. The number of fused-ring (bicyclic) bond motifs is 3. The van der Waals surface area contributed by atoms with E-state index in [1.807, 2.05) is 42.5 Å². The van der Waals surface area contributed by atoms with Gasteiger partial charge in [-0.2, -0.15) is 0 Å². The highest BCUT2D eigenvalue weighted by Gasteiger charge is 2.32. The normalized spacial score (nSPS) is 16.8. The summed E-state index contributed by atoms with van der Waals surface area (Å²) in [6, 6.07) is 19.7. The van der Waals surface area contributed by atoms with E-state index in [9.17, 15) is 9.90 Å². The minimum Gasteiger partial charge on any atom is -0.506 e. The molecule has 36 heavy (non-hydrogen) atoms. The van der Waals surface area contributed by atoms with E-state index in [1.54, 1.807) is 17.8 Å². The number of phenolic OH excluding ortho intramolecular Hbond substituents is 1. The van der Waals surface area contributed by atoms with Crippen LogP contribution in [0.5, 0.6) is 11.5 Å². The van der Waals surface area contributed by atoms with Crippen LogP contribution in [0.3, 0.4) is 0 Å². The Bertz CT molecular complexity index is 1760. The molecule has 1 atom stereocenters. The maximum atomic E-state index is 13.9. The molecule has 0 saturated heterocycles. The Morgan fingerprint density at radius 3 is 2.83 bits per heavy atom. The Balaban J connectivity index is 1.64. The number of phenols is 1. The Labute approximate surface area is 233 Å². The number of ether oxygens (including phenoxy) is 1. The number of aromatic nitrogens is 1. The summed E-state index contributed by atoms with van der Waals surface area (Å²) < 4.78 is 9.39. The third kappa shape index (κ3) is 3.95. The molecular weight excluding hydrogens is 651 g/mol. The summed E-state index contributed by atoms with van der Waals surface area (Å²) in [7, 11) is 1.65. The Kier molecular flexibility index (Phi) is 6.13. The van der Waals surface area contributed by atoms with Crippen LogP contribution in [0.25, 0.3) is 11.8 Å². The van der Waals surface area contributed by atoms with E-state index >= 15 is 0 Å². The fraction of sp³-hybridized carbons (Fsp3) is 0.143. The Hall–Kier alpha value is -2.69. The van der Waals surface area contributed by atoms with Crippen molar-refractivity contribution in [3.63, 3.8) is 0 Å². The van der Waals surface area contributed by atoms with Gasteiger partial charge in [-0.05, 0) is 82.5 Å². The molecule has 180 valence electrons. The second kappa shape index (κ2) is 9.32. The standard InChI is InChI=1S/C28H20BrIN2O3S/c1-35-19-7-4-6-16(12-19)25-21-10-9-15-5-2-3-8-20(15)24(21)31-28-32(25)27(34)23(36-28)13-17-11-18(29)14-22(30)26(17)33/h2-8,11-14,25,33H,9-10H2,1H3. The summed E-state index contributed by atoms with van der Waals surface area (Å²) in [6.45, 7) is 0. The summed E-state index contributed by atoms with van der Waals surface area (Å²) in [6.07, 6.45) is 3.48. The van der Waals surface area contributed by atoms with Gasteiger partial charge in [0.2, 0.25) is 0 Å². The number of nitrogens with zero attached hydrogens (tertiary/aromatic N) is 2. The Morgan fingerprint density at radius 2 is 2.00 bits per heavy atom. The van der Waals surface area contributed by atoms with Gasteiger partial charge >= 0.3 is 0 Å². The fourth-order valence-electron chi connectivity index (χ4n) is 4.97. The van der Waals surface area contributed by atoms with Gasteiger partial charge in [-0.3, -0.25) is 9.36 Å². The van der Waals surface area contributed by atoms with Gasteiger partial charge in [0.1, 0.15) is 11.5 Å². The summed E-state index contributed by atoms with van der Waals surface area (Å²) in [4.78, 5) is 19.6. The largest absolute Gasteiger partial charge is 0.506 e. The van der Waals surface area contributed by atoms with Gasteiger partial charge in [0.15, 0.2) is 4.80 Å². The lowest BCUT2D eigenvalue weighted by molar-refractivity contribution is 0.413. The summed E-state index contributed by atoms with van der Waals surface area (Å²) in [5, 5.41) is 10.6. The number of methoxy groups -OCH3 is 1. The van der Waals surface area contributed by atoms with Crippen molar-refractivity contribution in [2.24, 2.45) is 4.99 Å². The average molecular weight is 671 g/mol. The number of hydrogen-bond donors (Lipinski definition) is 1. The zero-order chi connectivity index (χ0) is 25.0. The monoisotopic (exact) mass is 670 g/mol. The molecule has 0 amide bonds. The number of thiazole rings is 1. The number of hydrogen-bond acceptors (Lipinski definition) is 5. The van der Waals surface area contributed by atoms with E-state index in [-0.39, 0.29) is 17.4 Å². The molecule has 1 N–H and O–H groups in total. The van der Waals surface area contributed by atoms with E-state index in [2.05, 4.69) is 56.7 Å². The van der Waals surface area contributed by atoms with Gasteiger partial charge in [-0.25, -0.2) is 4.99 Å². The molecule has 1 aliphatic heterocycles. The molecule has 6 rings (SSSR count). The SMILES string of the molecule is COc1cccc(C2C3=C(N=c4sc(=Cc5cc(Br)cc(I)c5O)c(=O)n42)c2ccccc2CC3)c1. The summed E-state index contributed by atoms with van der Waals surface area (Å²) >= 11 is 6.93. The lowest BCUT2D eigenvalue weighted by Gasteiger charge is -2.31. The third-order valence-corrected chi connectivity index (χ3v) is 8.89. The van der Waals surface area contributed by atoms with E-state index < -0.39 is 0 Å². The highest BCUT2D eigenvalue weighted by Crippen LogP contribution is 2.41. The van der Waals surface area contributed by atoms with Crippen molar-refractivity contribution < 1.29 is 9.84 Å². The Morgan fingerprint density at radius 1 is 1.17 bits per heavy atom. The molecule has 2 heterocycles. The van der Waals surface area contributed by atoms with Crippen molar-refractivity contribution in [3.8, 4) is 11.5 Å². The molecular formula is C28H20BrIN2O3S. The van der Waals surface area contributed by atoms with Crippen LogP contribution in [0.1, 0.15) is 34.7 Å². The number of halogens is 2. The maximum absolute atomic E-state index is 13.9. The minimum absolute atomic E-state index is 0.119. The van der Waals surface area contributed by atoms with Crippen molar-refractivity contribution in [1.29, 1.82) is 0 Å². The maximum Gasteiger partial charge on any atom is 0.271 e. The molecule has 4 aromatic rings. The first-order chi connectivity index (χ1) is 17.4. The molecule has 0 fully saturated rings. The van der Waals surface area contributed by atoms with E-state index in [0.717, 1.165) is 45.5 Å². The predicted molar refractivity (Wildman–Crippen MR) is 154 cm³/mol. The zero-order valence-electron chi connectivity index (χ0n) is 19.2. The average Bonchev–Trinajstić information content (AvgIpc) is 3.20. The van der Waals surface area contributed by atoms with Gasteiger partial charge in [0.05, 0.1) is 27.0 Å². The topological polar surface area (TPSA) is 63.8 Å². The van der Waals surface area contributed by atoms with Crippen molar-refractivity contribution >= 4 is 61.6 Å². The zero-order valence-corrected chi connectivity index (χ0v) is 23.7. The van der Waals surface area contributed by atoms with Gasteiger partial charge < -0.3 is 9.84 Å². The van der Waals surface area contributed by atoms with Crippen LogP contribution in [0.15, 0.2) is 80.5 Å². The van der Waals surface area contributed by atoms with Crippen LogP contribution < -0.4 is 19.6 Å². The van der Waals surface area contributed by atoms with Crippen molar-refractivity contribution in [2.75, 3.05) is 7.11 Å². The molecule has 3 aromatic carbocycles. The highest BCUT2D eigenvalue weighted by atomic mass is 127. The number of allylic oxidation sites excluding steroid dienone is 1. The lowest BCUT2D eigenvalue weighted by Crippen LogP contribution is -2.38. The molecule has 1 unspecified atom stereocenters. The second-order valence-electron chi connectivity index (χ2n) is 8.72. The lowest BCUT2D eigenvalue weighted by atomic mass is 9.83. The van der Waals surface area contributed by atoms with Gasteiger partial charge in [0.25, 0.3) is 5.56 Å². The van der Waals surface area contributed by atoms with E-state index in [0.29, 0.717) is 18.5 Å². The number of benzene rings is 3. The fourth-order valence-corrected chi connectivity index (χ4v) is 7.51. The molecule has 0 spiro atoms. The van der Waals surface area contributed by atoms with Crippen LogP contribution in [-0.4, -0.2) is 16.8 Å². The van der Waals surface area contributed by atoms with Crippen molar-refractivity contribution in [3.05, 3.63) is 116 Å². The molecule has 5 nitrogen and oxygen atoms in total. The molecule has 1 aliphatic carbocycles. The van der Waals surface area contributed by atoms with E-state index in [1.165, 1.54) is 16.9 Å². The second-order valence-corrected chi connectivity index (χ2v) is 11.8. The van der Waals surface area contributed by atoms with E-state index in [4.69, 9.17) is 9.73 Å². The first kappa shape index (κ1) is 23.7. The van der Waals surface area contributed by atoms with Crippen molar-refractivity contribution in [2.45, 2.75) is 18.9 Å². The number of rotatable bonds is 3. The summed E-state index contributed by atoms with van der Waals surface area (Å²) in [5.41, 5.74) is 5.96. The first-order valence-corrected chi connectivity index (χ1v) is 14.1. The van der Waals surface area contributed by atoms with Crippen LogP contribution >= 0.6 is 49.9 Å². The summed E-state index contributed by atoms with van der Waals surface area (Å²) in [5.74, 6) is 0.904. The molecule has 8 heteroatoms. The quantitative estimate of drug-likeness (QED) is 0.297. The van der Waals surface area contributed by atoms with Gasteiger partial charge in [0, 0.05) is 15.6 Å². The molecule has 1 aromatic heterocycles. The van der Waals surface area contributed by atoms with Gasteiger partial charge in [-0.15, -0.1) is 0 Å². The van der Waals surface area contributed by atoms with Crippen LogP contribution in [-0.2, 0) is 6.42 Å². The molecule has 0 bridgehead atoms. The van der Waals surface area contributed by atoms with Crippen LogP contribution in [0.4, 0.5) is 0 Å². The van der Waals surface area contributed by atoms with Crippen molar-refractivity contribution in [1.82, 2.24) is 4.57 Å². The smallest absolute Gasteiger partial charge is 0.271 e. The predicted octanol–water partition coefficient (Wildman–Crippen LogP) is 5.40. The van der Waals surface area contributed by atoms with Gasteiger partial charge in [-0.1, -0.05) is 63.7 Å². The first-order valence-electron chi connectivity index (χ1n) is 11.4. The third-order valence-electron chi connectivity index (χ3n) is 6.63.